The summed E-state index contributed by atoms with van der Waals surface area (Å²) in [5.41, 5.74) is 0.391. The molecule has 0 bridgehead atoms. The van der Waals surface area contributed by atoms with E-state index in [0.717, 1.165) is 18.9 Å². The van der Waals surface area contributed by atoms with Crippen molar-refractivity contribution in [1.29, 1.82) is 0 Å². The van der Waals surface area contributed by atoms with Crippen LogP contribution < -0.4 is 0 Å². The van der Waals surface area contributed by atoms with Crippen LogP contribution in [0.2, 0.25) is 0 Å². The Balaban J connectivity index is 2.30. The minimum absolute atomic E-state index is 0.0749. The van der Waals surface area contributed by atoms with Gasteiger partial charge >= 0.3 is 0 Å². The molecule has 2 nitrogen and oxygen atoms in total. The molecule has 1 aliphatic rings. The zero-order valence-corrected chi connectivity index (χ0v) is 14.5. The Morgan fingerprint density at radius 1 is 1.26 bits per heavy atom. The average Bonchev–Trinajstić information content (AvgIpc) is 2.89. The highest BCUT2D eigenvalue weighted by molar-refractivity contribution is 5.82. The van der Waals surface area contributed by atoms with Crippen LogP contribution in [0.1, 0.15) is 58.4 Å². The summed E-state index contributed by atoms with van der Waals surface area (Å²) in [5.74, 6) is -1.32. The summed E-state index contributed by atoms with van der Waals surface area (Å²) in [6.07, 6.45) is 2.37. The Hall–Kier alpha value is -1.29. The summed E-state index contributed by atoms with van der Waals surface area (Å²) in [5, 5.41) is 0. The monoisotopic (exact) mass is 323 g/mol. The van der Waals surface area contributed by atoms with Crippen molar-refractivity contribution in [1.82, 2.24) is 4.90 Å². The standard InChI is InChI=1S/C19H27F2NO/c1-5-6-7-18(23)16-12-22(19(2,3)4)11-15(16)14-9-8-13(20)10-17(14)21/h8-10,15-16H,5-7,11-12H2,1-4H3/t15-,16?/m0/s1. The van der Waals surface area contributed by atoms with Crippen molar-refractivity contribution in [3.63, 3.8) is 0 Å². The highest BCUT2D eigenvalue weighted by Gasteiger charge is 2.42. The number of halogens is 2. The van der Waals surface area contributed by atoms with Gasteiger partial charge in [0, 0.05) is 43.0 Å². The zero-order valence-electron chi connectivity index (χ0n) is 14.5. The van der Waals surface area contributed by atoms with E-state index in [9.17, 15) is 13.6 Å². The molecular formula is C19H27F2NO. The SMILES string of the molecule is CCCCC(=O)C1CN(C(C)(C)C)C[C@H]1c1ccc(F)cc1F. The summed E-state index contributed by atoms with van der Waals surface area (Å²) >= 11 is 0. The average molecular weight is 323 g/mol. The maximum Gasteiger partial charge on any atom is 0.137 e. The fourth-order valence-electron chi connectivity index (χ4n) is 3.33. The molecule has 0 aromatic heterocycles. The van der Waals surface area contributed by atoms with E-state index in [2.05, 4.69) is 32.6 Å². The Bertz CT molecular complexity index is 565. The van der Waals surface area contributed by atoms with Crippen LogP contribution in [0.15, 0.2) is 18.2 Å². The van der Waals surface area contributed by atoms with Gasteiger partial charge in [0.15, 0.2) is 0 Å². The lowest BCUT2D eigenvalue weighted by atomic mass is 9.84. The van der Waals surface area contributed by atoms with Crippen molar-refractivity contribution in [2.75, 3.05) is 13.1 Å². The fraction of sp³-hybridized carbons (Fsp3) is 0.632. The van der Waals surface area contributed by atoms with Gasteiger partial charge in [0.2, 0.25) is 0 Å². The third-order valence-electron chi connectivity index (χ3n) is 4.82. The molecule has 1 unspecified atom stereocenters. The van der Waals surface area contributed by atoms with Gasteiger partial charge in [0.25, 0.3) is 0 Å². The lowest BCUT2D eigenvalue weighted by molar-refractivity contribution is -0.123. The molecule has 1 saturated heterocycles. The largest absolute Gasteiger partial charge is 0.299 e. The summed E-state index contributed by atoms with van der Waals surface area (Å²) in [6, 6.07) is 3.70. The van der Waals surface area contributed by atoms with E-state index >= 15 is 0 Å². The number of ketones is 1. The topological polar surface area (TPSA) is 20.3 Å². The van der Waals surface area contributed by atoms with Gasteiger partial charge < -0.3 is 0 Å². The number of rotatable bonds is 5. The molecule has 1 heterocycles. The highest BCUT2D eigenvalue weighted by atomic mass is 19.1. The van der Waals surface area contributed by atoms with Gasteiger partial charge in [-0.1, -0.05) is 19.4 Å². The number of benzene rings is 1. The van der Waals surface area contributed by atoms with Gasteiger partial charge in [-0.25, -0.2) is 8.78 Å². The lowest BCUT2D eigenvalue weighted by Gasteiger charge is -2.31. The van der Waals surface area contributed by atoms with Gasteiger partial charge in [-0.05, 0) is 38.8 Å². The van der Waals surface area contributed by atoms with Crippen molar-refractivity contribution in [2.24, 2.45) is 5.92 Å². The van der Waals surface area contributed by atoms with Crippen molar-refractivity contribution in [3.05, 3.63) is 35.4 Å². The number of hydrogen-bond donors (Lipinski definition) is 0. The summed E-state index contributed by atoms with van der Waals surface area (Å²) < 4.78 is 27.5. The van der Waals surface area contributed by atoms with Gasteiger partial charge in [0.1, 0.15) is 17.4 Å². The van der Waals surface area contributed by atoms with Gasteiger partial charge in [0.05, 0.1) is 0 Å². The van der Waals surface area contributed by atoms with E-state index in [1.54, 1.807) is 0 Å². The number of unbranched alkanes of at least 4 members (excludes halogenated alkanes) is 1. The molecule has 2 rings (SSSR count). The van der Waals surface area contributed by atoms with E-state index in [0.29, 0.717) is 25.1 Å². The van der Waals surface area contributed by atoms with Gasteiger partial charge in [-0.2, -0.15) is 0 Å². The molecule has 1 aliphatic heterocycles. The Morgan fingerprint density at radius 2 is 1.96 bits per heavy atom. The maximum absolute atomic E-state index is 14.2. The predicted octanol–water partition coefficient (Wildman–Crippen LogP) is 4.54. The molecule has 0 radical (unpaired) electrons. The van der Waals surface area contributed by atoms with Gasteiger partial charge in [-0.3, -0.25) is 9.69 Å². The summed E-state index contributed by atoms with van der Waals surface area (Å²) in [6.45, 7) is 9.64. The molecule has 1 fully saturated rings. The third-order valence-corrected chi connectivity index (χ3v) is 4.82. The second-order valence-electron chi connectivity index (χ2n) is 7.52. The van der Waals surface area contributed by atoms with Crippen molar-refractivity contribution >= 4 is 5.78 Å². The quantitative estimate of drug-likeness (QED) is 0.793. The molecule has 1 aromatic rings. The van der Waals surface area contributed by atoms with Crippen LogP contribution in [0.3, 0.4) is 0 Å². The van der Waals surface area contributed by atoms with Crippen LogP contribution >= 0.6 is 0 Å². The Kier molecular flexibility index (Phi) is 5.56. The maximum atomic E-state index is 14.2. The minimum Gasteiger partial charge on any atom is -0.299 e. The third kappa shape index (κ3) is 4.17. The van der Waals surface area contributed by atoms with Crippen LogP contribution in [-0.2, 0) is 4.79 Å². The zero-order chi connectivity index (χ0) is 17.2. The Morgan fingerprint density at radius 3 is 2.52 bits per heavy atom. The van der Waals surface area contributed by atoms with E-state index in [-0.39, 0.29) is 23.2 Å². The molecule has 128 valence electrons. The normalized spacial score (nSPS) is 22.5. The number of hydrogen-bond acceptors (Lipinski definition) is 2. The van der Waals surface area contributed by atoms with E-state index in [4.69, 9.17) is 0 Å². The predicted molar refractivity (Wildman–Crippen MR) is 88.4 cm³/mol. The van der Waals surface area contributed by atoms with E-state index in [1.165, 1.54) is 12.1 Å². The molecule has 0 amide bonds. The minimum atomic E-state index is -0.578. The van der Waals surface area contributed by atoms with E-state index in [1.807, 2.05) is 0 Å². The molecule has 4 heteroatoms. The second-order valence-corrected chi connectivity index (χ2v) is 7.52. The highest BCUT2D eigenvalue weighted by Crippen LogP contribution is 2.38. The number of likely N-dealkylation sites (tertiary alicyclic amines) is 1. The van der Waals surface area contributed by atoms with Crippen molar-refractivity contribution < 1.29 is 13.6 Å². The number of nitrogens with zero attached hydrogens (tertiary/aromatic N) is 1. The fourth-order valence-corrected chi connectivity index (χ4v) is 3.33. The molecular weight excluding hydrogens is 296 g/mol. The van der Waals surface area contributed by atoms with Crippen molar-refractivity contribution in [2.45, 2.75) is 58.4 Å². The van der Waals surface area contributed by atoms with Crippen LogP contribution in [0.25, 0.3) is 0 Å². The smallest absolute Gasteiger partial charge is 0.137 e. The first kappa shape index (κ1) is 18.1. The molecule has 0 saturated carbocycles. The number of carbonyl (C=O) groups is 1. The van der Waals surface area contributed by atoms with Crippen LogP contribution in [-0.4, -0.2) is 29.3 Å². The van der Waals surface area contributed by atoms with Gasteiger partial charge in [-0.15, -0.1) is 0 Å². The summed E-state index contributed by atoms with van der Waals surface area (Å²) in [7, 11) is 0. The molecule has 2 atom stereocenters. The second kappa shape index (κ2) is 7.08. The molecule has 0 N–H and O–H groups in total. The number of Topliss-reactive ketones (excluding diaryl/α,β-unsaturated/α-hetero) is 1. The van der Waals surface area contributed by atoms with Crippen molar-refractivity contribution in [3.8, 4) is 0 Å². The van der Waals surface area contributed by atoms with Crippen LogP contribution in [0.5, 0.6) is 0 Å². The number of carbonyl (C=O) groups excluding carboxylic acids is 1. The molecule has 0 aliphatic carbocycles. The first-order valence-corrected chi connectivity index (χ1v) is 8.46. The lowest BCUT2D eigenvalue weighted by Crippen LogP contribution is -2.40. The summed E-state index contributed by atoms with van der Waals surface area (Å²) in [4.78, 5) is 14.8. The molecule has 23 heavy (non-hydrogen) atoms. The molecule has 1 aromatic carbocycles. The molecule has 0 spiro atoms. The van der Waals surface area contributed by atoms with E-state index < -0.39 is 11.6 Å². The first-order chi connectivity index (χ1) is 10.7. The first-order valence-electron chi connectivity index (χ1n) is 8.46. The Labute approximate surface area is 137 Å². The van der Waals surface area contributed by atoms with Crippen LogP contribution in [0.4, 0.5) is 8.78 Å². The van der Waals surface area contributed by atoms with Crippen LogP contribution in [0, 0.1) is 17.6 Å².